The van der Waals surface area contributed by atoms with E-state index in [4.69, 9.17) is 0 Å². The second-order valence-electron chi connectivity index (χ2n) is 9.33. The Balaban J connectivity index is 1.53. The fourth-order valence-electron chi connectivity index (χ4n) is 3.54. The van der Waals surface area contributed by atoms with Crippen LogP contribution in [0.15, 0.2) is 89.1 Å². The number of halogens is 1. The Bertz CT molecular complexity index is 1360. The lowest BCUT2D eigenvalue weighted by atomic mass is 9.87. The van der Waals surface area contributed by atoms with Crippen molar-refractivity contribution in [1.82, 2.24) is 20.2 Å². The Morgan fingerprint density at radius 1 is 0.972 bits per heavy atom. The van der Waals surface area contributed by atoms with E-state index in [0.717, 1.165) is 16.8 Å². The van der Waals surface area contributed by atoms with Crippen molar-refractivity contribution in [1.29, 1.82) is 0 Å². The highest BCUT2D eigenvalue weighted by Gasteiger charge is 2.19. The van der Waals surface area contributed by atoms with Crippen LogP contribution in [0.4, 0.5) is 4.39 Å². The fraction of sp³-hybridized carbons (Fsp3) is 0.214. The maximum atomic E-state index is 13.1. The third-order valence-corrected chi connectivity index (χ3v) is 6.53. The fourth-order valence-corrected chi connectivity index (χ4v) is 4.29. The maximum absolute atomic E-state index is 13.1. The van der Waals surface area contributed by atoms with Crippen LogP contribution in [-0.4, -0.2) is 32.1 Å². The minimum Gasteiger partial charge on any atom is -0.272 e. The summed E-state index contributed by atoms with van der Waals surface area (Å²) in [6.07, 6.45) is 0. The van der Waals surface area contributed by atoms with E-state index in [0.29, 0.717) is 16.7 Å². The van der Waals surface area contributed by atoms with E-state index >= 15 is 0 Å². The van der Waals surface area contributed by atoms with Crippen LogP contribution in [0.1, 0.15) is 38.8 Å². The average Bonchev–Trinajstić information content (AvgIpc) is 3.30. The molecule has 1 N–H and O–H groups in total. The first kappa shape index (κ1) is 25.3. The zero-order chi connectivity index (χ0) is 25.7. The molecule has 1 heterocycles. The van der Waals surface area contributed by atoms with Crippen LogP contribution in [0.2, 0.25) is 0 Å². The molecular formula is C28H28FN5OS. The number of carbonyl (C=O) groups excluding carboxylic acids is 1. The molecule has 36 heavy (non-hydrogen) atoms. The maximum Gasteiger partial charge on any atom is 0.250 e. The van der Waals surface area contributed by atoms with Gasteiger partial charge in [0.1, 0.15) is 5.82 Å². The Morgan fingerprint density at radius 3 is 2.28 bits per heavy atom. The van der Waals surface area contributed by atoms with Crippen LogP contribution < -0.4 is 5.43 Å². The van der Waals surface area contributed by atoms with Gasteiger partial charge in [-0.3, -0.25) is 9.36 Å². The van der Waals surface area contributed by atoms with Crippen molar-refractivity contribution in [3.63, 3.8) is 0 Å². The molecule has 0 aliphatic heterocycles. The van der Waals surface area contributed by atoms with Crippen LogP contribution >= 0.6 is 11.8 Å². The lowest BCUT2D eigenvalue weighted by Crippen LogP contribution is -2.21. The van der Waals surface area contributed by atoms with Crippen molar-refractivity contribution in [3.05, 3.63) is 95.8 Å². The highest BCUT2D eigenvalue weighted by atomic mass is 32.2. The topological polar surface area (TPSA) is 72.2 Å². The summed E-state index contributed by atoms with van der Waals surface area (Å²) in [5.41, 5.74) is 7.01. The Kier molecular flexibility index (Phi) is 7.64. The Labute approximate surface area is 214 Å². The van der Waals surface area contributed by atoms with E-state index in [2.05, 4.69) is 65.8 Å². The first-order valence-corrected chi connectivity index (χ1v) is 12.5. The first-order valence-electron chi connectivity index (χ1n) is 11.6. The van der Waals surface area contributed by atoms with Crippen molar-refractivity contribution < 1.29 is 9.18 Å². The van der Waals surface area contributed by atoms with E-state index < -0.39 is 0 Å². The molecule has 3 aromatic carbocycles. The monoisotopic (exact) mass is 501 g/mol. The van der Waals surface area contributed by atoms with Gasteiger partial charge >= 0.3 is 0 Å². The summed E-state index contributed by atoms with van der Waals surface area (Å²) in [5.74, 6) is 0.211. The first-order chi connectivity index (χ1) is 17.2. The van der Waals surface area contributed by atoms with Gasteiger partial charge in [0.05, 0.1) is 11.5 Å². The number of rotatable bonds is 7. The number of hydrazone groups is 1. The summed E-state index contributed by atoms with van der Waals surface area (Å²) in [7, 11) is 0. The predicted molar refractivity (Wildman–Crippen MR) is 143 cm³/mol. The van der Waals surface area contributed by atoms with Gasteiger partial charge in [0.25, 0.3) is 5.91 Å². The summed E-state index contributed by atoms with van der Waals surface area (Å²) < 4.78 is 15.1. The van der Waals surface area contributed by atoms with Crippen LogP contribution in [0.25, 0.3) is 17.1 Å². The normalized spacial score (nSPS) is 12.0. The van der Waals surface area contributed by atoms with Crippen LogP contribution in [-0.2, 0) is 10.2 Å². The van der Waals surface area contributed by atoms with E-state index in [1.165, 1.54) is 29.5 Å². The number of nitrogens with one attached hydrogen (secondary N) is 1. The molecule has 0 fully saturated rings. The van der Waals surface area contributed by atoms with E-state index in [-0.39, 0.29) is 22.9 Å². The molecule has 1 aromatic heterocycles. The third-order valence-electron chi connectivity index (χ3n) is 5.60. The average molecular weight is 502 g/mol. The second kappa shape index (κ2) is 10.9. The zero-order valence-corrected chi connectivity index (χ0v) is 21.5. The number of carbonyl (C=O) groups is 1. The van der Waals surface area contributed by atoms with Gasteiger partial charge in [0.2, 0.25) is 0 Å². The number of thioether (sulfide) groups is 1. The molecule has 0 radical (unpaired) electrons. The van der Waals surface area contributed by atoms with Gasteiger partial charge in [-0.25, -0.2) is 9.82 Å². The molecule has 8 heteroatoms. The highest BCUT2D eigenvalue weighted by molar-refractivity contribution is 7.99. The number of benzene rings is 3. The molecule has 0 atom stereocenters. The van der Waals surface area contributed by atoms with Crippen LogP contribution in [0.3, 0.4) is 0 Å². The zero-order valence-electron chi connectivity index (χ0n) is 20.7. The quantitative estimate of drug-likeness (QED) is 0.191. The summed E-state index contributed by atoms with van der Waals surface area (Å²) in [6.45, 7) is 8.29. The minimum atomic E-state index is -0.320. The Morgan fingerprint density at radius 2 is 1.64 bits per heavy atom. The number of hydrogen-bond donors (Lipinski definition) is 1. The van der Waals surface area contributed by atoms with Crippen LogP contribution in [0.5, 0.6) is 0 Å². The number of amides is 1. The molecule has 0 saturated carbocycles. The Hall–Kier alpha value is -3.78. The minimum absolute atomic E-state index is 0.0531. The standard InChI is InChI=1S/C28H28FN5OS/c1-19(20-12-16-23(29)17-13-20)30-31-25(35)18-36-27-33-32-26(34(27)24-8-6-5-7-9-24)21-10-14-22(15-11-21)28(2,3)4/h5-17H,18H2,1-4H3,(H,31,35)/b30-19-. The van der Waals surface area contributed by atoms with Crippen molar-refractivity contribution >= 4 is 23.4 Å². The molecule has 0 aliphatic rings. The van der Waals surface area contributed by atoms with E-state index in [1.807, 2.05) is 34.9 Å². The van der Waals surface area contributed by atoms with Gasteiger partial charge in [-0.05, 0) is 47.7 Å². The highest BCUT2D eigenvalue weighted by Crippen LogP contribution is 2.30. The van der Waals surface area contributed by atoms with Crippen molar-refractivity contribution in [3.8, 4) is 17.1 Å². The number of nitrogens with zero attached hydrogens (tertiary/aromatic N) is 4. The van der Waals surface area contributed by atoms with E-state index in [9.17, 15) is 9.18 Å². The second-order valence-corrected chi connectivity index (χ2v) is 10.3. The van der Waals surface area contributed by atoms with Crippen molar-refractivity contribution in [2.45, 2.75) is 38.3 Å². The SMILES string of the molecule is C/C(=N/NC(=O)CSc1nnc(-c2ccc(C(C)(C)C)cc2)n1-c1ccccc1)c1ccc(F)cc1. The van der Waals surface area contributed by atoms with Gasteiger partial charge < -0.3 is 0 Å². The molecule has 0 unspecified atom stereocenters. The number of hydrogen-bond acceptors (Lipinski definition) is 5. The van der Waals surface area contributed by atoms with Gasteiger partial charge in [-0.1, -0.05) is 87.1 Å². The lowest BCUT2D eigenvalue weighted by molar-refractivity contribution is -0.118. The molecule has 1 amide bonds. The lowest BCUT2D eigenvalue weighted by Gasteiger charge is -2.19. The number of aromatic nitrogens is 3. The van der Waals surface area contributed by atoms with Crippen molar-refractivity contribution in [2.75, 3.05) is 5.75 Å². The predicted octanol–water partition coefficient (Wildman–Crippen LogP) is 6.00. The molecule has 184 valence electrons. The molecule has 4 rings (SSSR count). The smallest absolute Gasteiger partial charge is 0.250 e. The number of para-hydroxylation sites is 1. The summed E-state index contributed by atoms with van der Waals surface area (Å²) in [6, 6.07) is 24.1. The van der Waals surface area contributed by atoms with E-state index in [1.54, 1.807) is 19.1 Å². The van der Waals surface area contributed by atoms with Crippen LogP contribution in [0, 0.1) is 5.82 Å². The summed E-state index contributed by atoms with van der Waals surface area (Å²) in [4.78, 5) is 12.5. The van der Waals surface area contributed by atoms with Crippen molar-refractivity contribution in [2.24, 2.45) is 5.10 Å². The van der Waals surface area contributed by atoms with Gasteiger partial charge in [-0.2, -0.15) is 5.10 Å². The molecular weight excluding hydrogens is 473 g/mol. The molecule has 0 saturated heterocycles. The largest absolute Gasteiger partial charge is 0.272 e. The molecule has 4 aromatic rings. The molecule has 0 bridgehead atoms. The molecule has 0 aliphatic carbocycles. The third kappa shape index (κ3) is 6.07. The molecule has 0 spiro atoms. The summed E-state index contributed by atoms with van der Waals surface area (Å²) >= 11 is 1.28. The van der Waals surface area contributed by atoms with Gasteiger partial charge in [0.15, 0.2) is 11.0 Å². The molecule has 6 nitrogen and oxygen atoms in total. The van der Waals surface area contributed by atoms with Gasteiger partial charge in [0, 0.05) is 11.3 Å². The van der Waals surface area contributed by atoms with Gasteiger partial charge in [-0.15, -0.1) is 10.2 Å². The summed E-state index contributed by atoms with van der Waals surface area (Å²) in [5, 5.41) is 13.6.